The fourth-order valence-corrected chi connectivity index (χ4v) is 2.84. The van der Waals surface area contributed by atoms with Gasteiger partial charge in [0.05, 0.1) is 11.3 Å². The molecule has 1 aromatic carbocycles. The van der Waals surface area contributed by atoms with E-state index in [1.54, 1.807) is 12.1 Å². The van der Waals surface area contributed by atoms with Crippen LogP contribution in [0.15, 0.2) is 29.2 Å². The number of sulfone groups is 1. The number of carboxylic acid groups (broad SMARTS) is 1. The third kappa shape index (κ3) is 3.26. The van der Waals surface area contributed by atoms with E-state index in [4.69, 9.17) is 9.84 Å². The Hall–Kier alpha value is -1.56. The fraction of sp³-hybridized carbons (Fsp3) is 0.462. The lowest BCUT2D eigenvalue weighted by atomic mass is 9.77. The number of rotatable bonds is 5. The molecule has 6 heteroatoms. The largest absolute Gasteiger partial charge is 0.487 e. The first-order valence-electron chi connectivity index (χ1n) is 6.02. The topological polar surface area (TPSA) is 80.7 Å². The molecular formula is C13H16O5S. The molecule has 0 unspecified atom stereocenters. The predicted molar refractivity (Wildman–Crippen MR) is 69.0 cm³/mol. The van der Waals surface area contributed by atoms with Gasteiger partial charge in [-0.25, -0.2) is 8.42 Å². The van der Waals surface area contributed by atoms with Crippen LogP contribution in [0.2, 0.25) is 0 Å². The van der Waals surface area contributed by atoms with Crippen LogP contribution in [0.5, 0.6) is 5.75 Å². The van der Waals surface area contributed by atoms with E-state index >= 15 is 0 Å². The third-order valence-corrected chi connectivity index (χ3v) is 4.42. The minimum atomic E-state index is -3.29. The van der Waals surface area contributed by atoms with Gasteiger partial charge in [-0.3, -0.25) is 4.79 Å². The van der Waals surface area contributed by atoms with Gasteiger partial charge in [-0.1, -0.05) is 6.07 Å². The smallest absolute Gasteiger partial charge is 0.307 e. The normalized spacial score (nSPS) is 17.5. The molecule has 2 rings (SSSR count). The van der Waals surface area contributed by atoms with Crippen LogP contribution in [0.3, 0.4) is 0 Å². The molecule has 1 aromatic rings. The molecule has 0 aliphatic heterocycles. The van der Waals surface area contributed by atoms with E-state index < -0.39 is 21.4 Å². The summed E-state index contributed by atoms with van der Waals surface area (Å²) < 4.78 is 28.7. The number of ether oxygens (including phenoxy) is 1. The summed E-state index contributed by atoms with van der Waals surface area (Å²) in [5, 5.41) is 8.90. The molecule has 104 valence electrons. The van der Waals surface area contributed by atoms with Gasteiger partial charge in [0.15, 0.2) is 9.84 Å². The van der Waals surface area contributed by atoms with Crippen LogP contribution in [0, 0.1) is 0 Å². The van der Waals surface area contributed by atoms with E-state index in [0.717, 1.165) is 12.7 Å². The van der Waals surface area contributed by atoms with Gasteiger partial charge < -0.3 is 9.84 Å². The van der Waals surface area contributed by atoms with Crippen molar-refractivity contribution >= 4 is 15.8 Å². The number of aliphatic carboxylic acids is 1. The summed E-state index contributed by atoms with van der Waals surface area (Å²) in [6.45, 7) is 0. The zero-order valence-corrected chi connectivity index (χ0v) is 11.4. The Morgan fingerprint density at radius 1 is 1.42 bits per heavy atom. The molecule has 1 fully saturated rings. The lowest BCUT2D eigenvalue weighted by Gasteiger charge is -2.40. The van der Waals surface area contributed by atoms with Crippen LogP contribution in [0.4, 0.5) is 0 Å². The number of hydrogen-bond acceptors (Lipinski definition) is 4. The van der Waals surface area contributed by atoms with E-state index in [0.29, 0.717) is 18.6 Å². The first-order chi connectivity index (χ1) is 8.81. The van der Waals surface area contributed by atoms with Gasteiger partial charge in [-0.2, -0.15) is 0 Å². The number of benzene rings is 1. The van der Waals surface area contributed by atoms with Crippen molar-refractivity contribution in [2.75, 3.05) is 6.26 Å². The fourth-order valence-electron chi connectivity index (χ4n) is 2.18. The highest BCUT2D eigenvalue weighted by molar-refractivity contribution is 7.90. The average molecular weight is 284 g/mol. The molecule has 19 heavy (non-hydrogen) atoms. The third-order valence-electron chi connectivity index (χ3n) is 3.31. The summed E-state index contributed by atoms with van der Waals surface area (Å²) in [7, 11) is -3.29. The highest BCUT2D eigenvalue weighted by Crippen LogP contribution is 2.39. The van der Waals surface area contributed by atoms with Crippen molar-refractivity contribution in [2.45, 2.75) is 36.2 Å². The van der Waals surface area contributed by atoms with E-state index in [1.165, 1.54) is 12.1 Å². The molecule has 0 spiro atoms. The second kappa shape index (κ2) is 4.85. The molecule has 1 saturated carbocycles. The van der Waals surface area contributed by atoms with Gasteiger partial charge in [-0.15, -0.1) is 0 Å². The SMILES string of the molecule is CS(=O)(=O)c1cccc(OC2(CC(=O)O)CCC2)c1. The van der Waals surface area contributed by atoms with Crippen LogP contribution in [0.25, 0.3) is 0 Å². The van der Waals surface area contributed by atoms with Crippen LogP contribution in [-0.4, -0.2) is 31.4 Å². The maximum Gasteiger partial charge on any atom is 0.307 e. The predicted octanol–water partition coefficient (Wildman–Crippen LogP) is 1.87. The maximum atomic E-state index is 11.5. The first kappa shape index (κ1) is 13.9. The van der Waals surface area contributed by atoms with Crippen molar-refractivity contribution < 1.29 is 23.1 Å². The molecule has 0 atom stereocenters. The van der Waals surface area contributed by atoms with Crippen LogP contribution < -0.4 is 4.74 Å². The van der Waals surface area contributed by atoms with Crippen molar-refractivity contribution in [3.63, 3.8) is 0 Å². The number of carboxylic acids is 1. The minimum Gasteiger partial charge on any atom is -0.487 e. The lowest BCUT2D eigenvalue weighted by molar-refractivity contribution is -0.144. The van der Waals surface area contributed by atoms with Crippen molar-refractivity contribution in [3.05, 3.63) is 24.3 Å². The first-order valence-corrected chi connectivity index (χ1v) is 7.91. The summed E-state index contributed by atoms with van der Waals surface area (Å²) in [6.07, 6.45) is 3.36. The zero-order valence-electron chi connectivity index (χ0n) is 10.6. The van der Waals surface area contributed by atoms with E-state index in [-0.39, 0.29) is 11.3 Å². The van der Waals surface area contributed by atoms with Gasteiger partial charge in [0, 0.05) is 6.26 Å². The van der Waals surface area contributed by atoms with Crippen molar-refractivity contribution in [3.8, 4) is 5.75 Å². The molecule has 0 heterocycles. The standard InChI is InChI=1S/C13H16O5S/c1-19(16,17)11-5-2-4-10(8-11)18-13(6-3-7-13)9-12(14)15/h2,4-5,8H,3,6-7,9H2,1H3,(H,14,15). The highest BCUT2D eigenvalue weighted by atomic mass is 32.2. The Balaban J connectivity index is 2.21. The van der Waals surface area contributed by atoms with Crippen molar-refractivity contribution in [2.24, 2.45) is 0 Å². The number of hydrogen-bond donors (Lipinski definition) is 1. The molecule has 1 aliphatic carbocycles. The Labute approximate surface area is 112 Å². The van der Waals surface area contributed by atoms with E-state index in [2.05, 4.69) is 0 Å². The molecule has 0 radical (unpaired) electrons. The van der Waals surface area contributed by atoms with E-state index in [1.807, 2.05) is 0 Å². The highest BCUT2D eigenvalue weighted by Gasteiger charge is 2.41. The van der Waals surface area contributed by atoms with Gasteiger partial charge in [0.25, 0.3) is 0 Å². The maximum absolute atomic E-state index is 11.5. The number of carbonyl (C=O) groups is 1. The molecule has 0 saturated heterocycles. The van der Waals surface area contributed by atoms with Crippen LogP contribution >= 0.6 is 0 Å². The Morgan fingerprint density at radius 3 is 2.58 bits per heavy atom. The minimum absolute atomic E-state index is 0.0594. The zero-order chi connectivity index (χ0) is 14.1. The lowest BCUT2D eigenvalue weighted by Crippen LogP contribution is -2.45. The average Bonchev–Trinajstić information content (AvgIpc) is 2.24. The van der Waals surface area contributed by atoms with Crippen molar-refractivity contribution in [1.82, 2.24) is 0 Å². The van der Waals surface area contributed by atoms with E-state index in [9.17, 15) is 13.2 Å². The molecule has 0 amide bonds. The van der Waals surface area contributed by atoms with Gasteiger partial charge in [0.1, 0.15) is 11.4 Å². The van der Waals surface area contributed by atoms with Crippen LogP contribution in [0.1, 0.15) is 25.7 Å². The summed E-state index contributed by atoms with van der Waals surface area (Å²) in [6, 6.07) is 6.18. The van der Waals surface area contributed by atoms with Gasteiger partial charge in [-0.05, 0) is 37.5 Å². The molecular weight excluding hydrogens is 268 g/mol. The molecule has 0 bridgehead atoms. The monoisotopic (exact) mass is 284 g/mol. The van der Waals surface area contributed by atoms with Gasteiger partial charge in [0.2, 0.25) is 0 Å². The summed E-state index contributed by atoms with van der Waals surface area (Å²) in [5.74, 6) is -0.497. The second-order valence-electron chi connectivity index (χ2n) is 4.96. The molecule has 5 nitrogen and oxygen atoms in total. The van der Waals surface area contributed by atoms with Crippen LogP contribution in [-0.2, 0) is 14.6 Å². The summed E-state index contributed by atoms with van der Waals surface area (Å²) >= 11 is 0. The molecule has 1 N–H and O–H groups in total. The molecule has 1 aliphatic rings. The Kier molecular flexibility index (Phi) is 3.54. The quantitative estimate of drug-likeness (QED) is 0.892. The van der Waals surface area contributed by atoms with Crippen molar-refractivity contribution in [1.29, 1.82) is 0 Å². The Morgan fingerprint density at radius 2 is 2.11 bits per heavy atom. The Bertz CT molecular complexity index is 587. The molecule has 0 aromatic heterocycles. The second-order valence-corrected chi connectivity index (χ2v) is 6.97. The summed E-state index contributed by atoms with van der Waals surface area (Å²) in [5.41, 5.74) is -0.679. The summed E-state index contributed by atoms with van der Waals surface area (Å²) in [4.78, 5) is 11.0. The van der Waals surface area contributed by atoms with Gasteiger partial charge >= 0.3 is 5.97 Å².